The smallest absolute Gasteiger partial charge is 0.225 e. The van der Waals surface area contributed by atoms with Crippen molar-refractivity contribution in [3.63, 3.8) is 0 Å². The van der Waals surface area contributed by atoms with E-state index < -0.39 is 0 Å². The molecule has 0 aliphatic heterocycles. The fourth-order valence-electron chi connectivity index (χ4n) is 1.86. The van der Waals surface area contributed by atoms with E-state index in [0.29, 0.717) is 36.7 Å². The van der Waals surface area contributed by atoms with Gasteiger partial charge < -0.3 is 25.4 Å². The predicted octanol–water partition coefficient (Wildman–Crippen LogP) is 1.57. The molecule has 1 atom stereocenters. The Morgan fingerprint density at radius 3 is 2.71 bits per heavy atom. The van der Waals surface area contributed by atoms with Gasteiger partial charge in [0.1, 0.15) is 5.75 Å². The van der Waals surface area contributed by atoms with E-state index in [9.17, 15) is 4.79 Å². The molecule has 0 fully saturated rings. The van der Waals surface area contributed by atoms with E-state index in [1.807, 2.05) is 7.05 Å². The zero-order valence-electron chi connectivity index (χ0n) is 13.2. The van der Waals surface area contributed by atoms with Crippen LogP contribution in [0.1, 0.15) is 13.3 Å². The van der Waals surface area contributed by atoms with Gasteiger partial charge in [-0.25, -0.2) is 0 Å². The van der Waals surface area contributed by atoms with Crippen molar-refractivity contribution in [3.05, 3.63) is 18.2 Å². The number of amides is 1. The fourth-order valence-corrected chi connectivity index (χ4v) is 1.86. The maximum Gasteiger partial charge on any atom is 0.225 e. The number of nitrogen functional groups attached to an aromatic ring is 1. The highest BCUT2D eigenvalue weighted by molar-refractivity contribution is 5.94. The summed E-state index contributed by atoms with van der Waals surface area (Å²) in [4.78, 5) is 14.0. The van der Waals surface area contributed by atoms with E-state index >= 15 is 0 Å². The highest BCUT2D eigenvalue weighted by atomic mass is 16.5. The molecule has 0 saturated heterocycles. The average molecular weight is 295 g/mol. The molecule has 3 N–H and O–H groups in total. The first-order valence-corrected chi connectivity index (χ1v) is 6.90. The maximum atomic E-state index is 11.9. The summed E-state index contributed by atoms with van der Waals surface area (Å²) in [6.45, 7) is 3.36. The third kappa shape index (κ3) is 5.61. The van der Waals surface area contributed by atoms with Gasteiger partial charge in [-0.15, -0.1) is 0 Å². The van der Waals surface area contributed by atoms with Crippen molar-refractivity contribution >= 4 is 17.3 Å². The summed E-state index contributed by atoms with van der Waals surface area (Å²) >= 11 is 0. The van der Waals surface area contributed by atoms with E-state index in [2.05, 4.69) is 17.1 Å². The lowest BCUT2D eigenvalue weighted by molar-refractivity contribution is -0.116. The van der Waals surface area contributed by atoms with Crippen LogP contribution in [0.25, 0.3) is 0 Å². The number of hydrogen-bond donors (Lipinski definition) is 2. The molecule has 21 heavy (non-hydrogen) atoms. The minimum atomic E-state index is -0.0664. The number of rotatable bonds is 8. The number of nitrogens with zero attached hydrogens (tertiary/aromatic N) is 1. The molecular weight excluding hydrogens is 270 g/mol. The standard InChI is InChI=1S/C15H25N3O3/c1-11(10-20-3)18(2)8-7-15(19)17-14-6-5-12(21-4)9-13(14)16/h5-6,9,11H,7-8,10,16H2,1-4H3,(H,17,19). The van der Waals surface area contributed by atoms with Gasteiger partial charge in [-0.3, -0.25) is 4.79 Å². The Labute approximate surface area is 126 Å². The molecular formula is C15H25N3O3. The lowest BCUT2D eigenvalue weighted by Crippen LogP contribution is -2.35. The first kappa shape index (κ1) is 17.3. The third-order valence-electron chi connectivity index (χ3n) is 3.38. The van der Waals surface area contributed by atoms with Crippen molar-refractivity contribution in [2.75, 3.05) is 45.5 Å². The topological polar surface area (TPSA) is 76.8 Å². The predicted molar refractivity (Wildman–Crippen MR) is 84.6 cm³/mol. The Kier molecular flexibility index (Phi) is 6.98. The molecule has 0 aliphatic carbocycles. The number of nitrogens with one attached hydrogen (secondary N) is 1. The number of anilines is 2. The van der Waals surface area contributed by atoms with Crippen molar-refractivity contribution in [1.82, 2.24) is 4.90 Å². The van der Waals surface area contributed by atoms with Crippen LogP contribution in [0.4, 0.5) is 11.4 Å². The Morgan fingerprint density at radius 2 is 2.14 bits per heavy atom. The van der Waals surface area contributed by atoms with Crippen LogP contribution in [-0.4, -0.2) is 51.3 Å². The van der Waals surface area contributed by atoms with E-state index in [-0.39, 0.29) is 11.9 Å². The van der Waals surface area contributed by atoms with Crippen molar-refractivity contribution in [1.29, 1.82) is 0 Å². The molecule has 0 heterocycles. The first-order chi connectivity index (χ1) is 9.97. The van der Waals surface area contributed by atoms with Crippen LogP contribution in [0.2, 0.25) is 0 Å². The highest BCUT2D eigenvalue weighted by Gasteiger charge is 2.11. The number of ether oxygens (including phenoxy) is 2. The monoisotopic (exact) mass is 295 g/mol. The molecule has 0 saturated carbocycles. The van der Waals surface area contributed by atoms with Crippen LogP contribution >= 0.6 is 0 Å². The second-order valence-electron chi connectivity index (χ2n) is 5.04. The summed E-state index contributed by atoms with van der Waals surface area (Å²) in [5.74, 6) is 0.599. The van der Waals surface area contributed by atoms with Crippen molar-refractivity contribution in [2.45, 2.75) is 19.4 Å². The van der Waals surface area contributed by atoms with Crippen LogP contribution in [0.5, 0.6) is 5.75 Å². The van der Waals surface area contributed by atoms with E-state index in [0.717, 1.165) is 0 Å². The van der Waals surface area contributed by atoms with Gasteiger partial charge in [0.05, 0.1) is 25.1 Å². The van der Waals surface area contributed by atoms with Gasteiger partial charge in [0.2, 0.25) is 5.91 Å². The minimum Gasteiger partial charge on any atom is -0.497 e. The van der Waals surface area contributed by atoms with Gasteiger partial charge in [0.25, 0.3) is 0 Å². The van der Waals surface area contributed by atoms with Crippen LogP contribution < -0.4 is 15.8 Å². The Bertz CT molecular complexity index is 465. The zero-order chi connectivity index (χ0) is 15.8. The van der Waals surface area contributed by atoms with Crippen molar-refractivity contribution in [3.8, 4) is 5.75 Å². The Balaban J connectivity index is 2.47. The zero-order valence-corrected chi connectivity index (χ0v) is 13.2. The van der Waals surface area contributed by atoms with E-state index in [1.165, 1.54) is 0 Å². The molecule has 0 bridgehead atoms. The first-order valence-electron chi connectivity index (χ1n) is 6.90. The molecule has 1 unspecified atom stereocenters. The van der Waals surface area contributed by atoms with Crippen LogP contribution in [0, 0.1) is 0 Å². The normalized spacial score (nSPS) is 12.2. The summed E-state index contributed by atoms with van der Waals surface area (Å²) in [5.41, 5.74) is 6.96. The quantitative estimate of drug-likeness (QED) is 0.712. The van der Waals surface area contributed by atoms with E-state index in [4.69, 9.17) is 15.2 Å². The van der Waals surface area contributed by atoms with Gasteiger partial charge in [0, 0.05) is 32.2 Å². The fraction of sp³-hybridized carbons (Fsp3) is 0.533. The molecule has 6 nitrogen and oxygen atoms in total. The summed E-state index contributed by atoms with van der Waals surface area (Å²) < 4.78 is 10.2. The highest BCUT2D eigenvalue weighted by Crippen LogP contribution is 2.24. The van der Waals surface area contributed by atoms with Crippen LogP contribution in [0.15, 0.2) is 18.2 Å². The molecule has 1 aromatic rings. The molecule has 6 heteroatoms. The molecule has 0 radical (unpaired) electrons. The summed E-state index contributed by atoms with van der Waals surface area (Å²) in [6, 6.07) is 5.46. The van der Waals surface area contributed by atoms with Crippen molar-refractivity contribution < 1.29 is 14.3 Å². The SMILES string of the molecule is COCC(C)N(C)CCC(=O)Nc1ccc(OC)cc1N. The molecule has 1 rings (SSSR count). The number of likely N-dealkylation sites (N-methyl/N-ethyl adjacent to an activating group) is 1. The Hall–Kier alpha value is -1.79. The van der Waals surface area contributed by atoms with Gasteiger partial charge in [-0.05, 0) is 26.1 Å². The average Bonchev–Trinajstić information content (AvgIpc) is 2.47. The number of carbonyl (C=O) groups excluding carboxylic acids is 1. The summed E-state index contributed by atoms with van der Waals surface area (Å²) in [5, 5.41) is 2.81. The number of nitrogens with two attached hydrogens (primary N) is 1. The van der Waals surface area contributed by atoms with Gasteiger partial charge in [-0.2, -0.15) is 0 Å². The molecule has 118 valence electrons. The lowest BCUT2D eigenvalue weighted by Gasteiger charge is -2.23. The number of hydrogen-bond acceptors (Lipinski definition) is 5. The molecule has 0 spiro atoms. The van der Waals surface area contributed by atoms with Crippen molar-refractivity contribution in [2.24, 2.45) is 0 Å². The number of methoxy groups -OCH3 is 2. The Morgan fingerprint density at radius 1 is 1.43 bits per heavy atom. The molecule has 1 aromatic carbocycles. The molecule has 1 amide bonds. The van der Waals surface area contributed by atoms with Gasteiger partial charge in [-0.1, -0.05) is 0 Å². The van der Waals surface area contributed by atoms with Gasteiger partial charge in [0.15, 0.2) is 0 Å². The minimum absolute atomic E-state index is 0.0664. The molecule has 0 aliphatic rings. The third-order valence-corrected chi connectivity index (χ3v) is 3.38. The van der Waals surface area contributed by atoms with E-state index in [1.54, 1.807) is 32.4 Å². The van der Waals surface area contributed by atoms with Crippen LogP contribution in [-0.2, 0) is 9.53 Å². The second kappa shape index (κ2) is 8.49. The number of carbonyl (C=O) groups is 1. The number of benzene rings is 1. The lowest BCUT2D eigenvalue weighted by atomic mass is 10.2. The largest absolute Gasteiger partial charge is 0.497 e. The molecule has 0 aromatic heterocycles. The van der Waals surface area contributed by atoms with Gasteiger partial charge >= 0.3 is 0 Å². The summed E-state index contributed by atoms with van der Waals surface area (Å²) in [7, 11) is 5.21. The maximum absolute atomic E-state index is 11.9. The van der Waals surface area contributed by atoms with Crippen LogP contribution in [0.3, 0.4) is 0 Å². The summed E-state index contributed by atoms with van der Waals surface area (Å²) in [6.07, 6.45) is 0.399. The second-order valence-corrected chi connectivity index (χ2v) is 5.04.